The molecule has 4 rings (SSSR count). The number of nitrogens with zero attached hydrogens (tertiary/aromatic N) is 3. The zero-order valence-electron chi connectivity index (χ0n) is 18.1. The Morgan fingerprint density at radius 2 is 1.88 bits per heavy atom. The number of Topliss-reactive ketones (excluding diaryl/α,β-unsaturated/α-hetero) is 1. The third-order valence-corrected chi connectivity index (χ3v) is 7.63. The topological polar surface area (TPSA) is 98.6 Å². The van der Waals surface area contributed by atoms with Crippen LogP contribution in [0.3, 0.4) is 0 Å². The van der Waals surface area contributed by atoms with Gasteiger partial charge in [-0.2, -0.15) is 5.10 Å². The van der Waals surface area contributed by atoms with E-state index in [1.807, 2.05) is 18.2 Å². The predicted molar refractivity (Wildman–Crippen MR) is 125 cm³/mol. The number of halogens is 1. The highest BCUT2D eigenvalue weighted by Crippen LogP contribution is 2.31. The molecule has 0 N–H and O–H groups in total. The molecule has 1 aliphatic heterocycles. The molecule has 2 heterocycles. The standard InChI is InChI=1S/C23H22ClN3O5S/c1-3-33(30,31)26-12-11-16-13-17(9-10-19(16)26)20(28)14-32-23(29)21-15(2)25-27(22(21)24)18-7-5-4-6-8-18/h4-10,13H,3,11-12,14H2,1-2H3. The molecule has 0 atom stereocenters. The van der Waals surface area contributed by atoms with E-state index < -0.39 is 28.4 Å². The molecular formula is C23H22ClN3O5S. The molecule has 0 fully saturated rings. The zero-order chi connectivity index (χ0) is 23.8. The third kappa shape index (κ3) is 4.38. The summed E-state index contributed by atoms with van der Waals surface area (Å²) in [4.78, 5) is 25.3. The predicted octanol–water partition coefficient (Wildman–Crippen LogP) is 3.59. The van der Waals surface area contributed by atoms with Crippen molar-refractivity contribution < 1.29 is 22.7 Å². The summed E-state index contributed by atoms with van der Waals surface area (Å²) in [6.07, 6.45) is 0.517. The number of rotatable bonds is 7. The summed E-state index contributed by atoms with van der Waals surface area (Å²) >= 11 is 6.38. The van der Waals surface area contributed by atoms with E-state index in [1.54, 1.807) is 44.2 Å². The smallest absolute Gasteiger partial charge is 0.343 e. The molecule has 33 heavy (non-hydrogen) atoms. The summed E-state index contributed by atoms with van der Waals surface area (Å²) < 4.78 is 32.5. The lowest BCUT2D eigenvalue weighted by molar-refractivity contribution is 0.0474. The SMILES string of the molecule is CCS(=O)(=O)N1CCc2cc(C(=O)COC(=O)c3c(C)nn(-c4ccccc4)c3Cl)ccc21. The molecule has 0 amide bonds. The lowest BCUT2D eigenvalue weighted by Crippen LogP contribution is -2.30. The molecule has 0 saturated heterocycles. The second-order valence-corrected chi connectivity index (χ2v) is 10.1. The first-order valence-electron chi connectivity index (χ1n) is 10.4. The van der Waals surface area contributed by atoms with Crippen molar-refractivity contribution in [3.05, 3.63) is 76.1 Å². The van der Waals surface area contributed by atoms with Gasteiger partial charge in [0.05, 0.1) is 22.8 Å². The number of hydrogen-bond acceptors (Lipinski definition) is 6. The molecule has 0 bridgehead atoms. The average molecular weight is 488 g/mol. The van der Waals surface area contributed by atoms with E-state index in [-0.39, 0.29) is 16.5 Å². The minimum atomic E-state index is -3.36. The molecule has 2 aromatic carbocycles. The number of ether oxygens (including phenoxy) is 1. The number of benzene rings is 2. The van der Waals surface area contributed by atoms with Crippen molar-refractivity contribution >= 4 is 39.1 Å². The number of hydrogen-bond donors (Lipinski definition) is 0. The van der Waals surface area contributed by atoms with Gasteiger partial charge >= 0.3 is 5.97 Å². The second kappa shape index (κ2) is 8.99. The Balaban J connectivity index is 1.47. The van der Waals surface area contributed by atoms with Gasteiger partial charge in [-0.15, -0.1) is 0 Å². The highest BCUT2D eigenvalue weighted by atomic mass is 35.5. The Labute approximate surface area is 196 Å². The largest absolute Gasteiger partial charge is 0.454 e. The zero-order valence-corrected chi connectivity index (χ0v) is 19.7. The van der Waals surface area contributed by atoms with Crippen molar-refractivity contribution in [1.29, 1.82) is 0 Å². The van der Waals surface area contributed by atoms with Gasteiger partial charge in [0.15, 0.2) is 12.4 Å². The molecule has 3 aromatic rings. The normalized spacial score (nSPS) is 13.1. The van der Waals surface area contributed by atoms with Crippen molar-refractivity contribution in [1.82, 2.24) is 9.78 Å². The van der Waals surface area contributed by atoms with Crippen LogP contribution in [0.4, 0.5) is 5.69 Å². The Bertz CT molecular complexity index is 1340. The van der Waals surface area contributed by atoms with Crippen LogP contribution in [-0.2, 0) is 21.2 Å². The Hall–Kier alpha value is -3.17. The number of sulfonamides is 1. The van der Waals surface area contributed by atoms with Crippen LogP contribution in [0.1, 0.15) is 38.9 Å². The number of aromatic nitrogens is 2. The number of fused-ring (bicyclic) bond motifs is 1. The summed E-state index contributed by atoms with van der Waals surface area (Å²) in [6, 6.07) is 13.9. The first-order valence-corrected chi connectivity index (χ1v) is 12.4. The molecule has 1 aliphatic rings. The van der Waals surface area contributed by atoms with Gasteiger partial charge in [-0.3, -0.25) is 9.10 Å². The van der Waals surface area contributed by atoms with Crippen molar-refractivity contribution in [2.45, 2.75) is 20.3 Å². The number of para-hydroxylation sites is 1. The molecule has 0 radical (unpaired) electrons. The van der Waals surface area contributed by atoms with Crippen LogP contribution in [0.15, 0.2) is 48.5 Å². The van der Waals surface area contributed by atoms with Gasteiger partial charge in [0.25, 0.3) is 0 Å². The number of esters is 1. The highest BCUT2D eigenvalue weighted by Gasteiger charge is 2.29. The molecular weight excluding hydrogens is 466 g/mol. The van der Waals surface area contributed by atoms with E-state index in [2.05, 4.69) is 5.10 Å². The van der Waals surface area contributed by atoms with Crippen LogP contribution >= 0.6 is 11.6 Å². The van der Waals surface area contributed by atoms with Gasteiger partial charge in [-0.1, -0.05) is 29.8 Å². The van der Waals surface area contributed by atoms with Gasteiger partial charge in [-0.25, -0.2) is 17.9 Å². The first kappa shape index (κ1) is 23.0. The van der Waals surface area contributed by atoms with E-state index >= 15 is 0 Å². The highest BCUT2D eigenvalue weighted by molar-refractivity contribution is 7.92. The van der Waals surface area contributed by atoms with Crippen LogP contribution in [-0.4, -0.2) is 48.9 Å². The van der Waals surface area contributed by atoms with Crippen molar-refractivity contribution in [3.8, 4) is 5.69 Å². The summed E-state index contributed by atoms with van der Waals surface area (Å²) in [6.45, 7) is 3.11. The maximum atomic E-state index is 12.7. The molecule has 8 nitrogen and oxygen atoms in total. The van der Waals surface area contributed by atoms with Crippen LogP contribution in [0.2, 0.25) is 5.15 Å². The first-order chi connectivity index (χ1) is 15.7. The molecule has 10 heteroatoms. The quantitative estimate of drug-likeness (QED) is 0.373. The fourth-order valence-corrected chi connectivity index (χ4v) is 5.26. The summed E-state index contributed by atoms with van der Waals surface area (Å²) in [5.74, 6) is -1.13. The Morgan fingerprint density at radius 3 is 2.58 bits per heavy atom. The second-order valence-electron chi connectivity index (χ2n) is 7.56. The lowest BCUT2D eigenvalue weighted by atomic mass is 10.1. The molecule has 172 valence electrons. The lowest BCUT2D eigenvalue weighted by Gasteiger charge is -2.18. The van der Waals surface area contributed by atoms with E-state index in [1.165, 1.54) is 8.99 Å². The molecule has 0 saturated carbocycles. The average Bonchev–Trinajstić information content (AvgIpc) is 3.38. The maximum absolute atomic E-state index is 12.7. The fraction of sp³-hybridized carbons (Fsp3) is 0.261. The number of anilines is 1. The summed E-state index contributed by atoms with van der Waals surface area (Å²) in [5.41, 5.74) is 2.88. The molecule has 0 spiro atoms. The Morgan fingerprint density at radius 1 is 1.15 bits per heavy atom. The van der Waals surface area contributed by atoms with Crippen molar-refractivity contribution in [2.24, 2.45) is 0 Å². The van der Waals surface area contributed by atoms with Crippen molar-refractivity contribution in [2.75, 3.05) is 23.2 Å². The third-order valence-electron chi connectivity index (χ3n) is 5.50. The van der Waals surface area contributed by atoms with E-state index in [9.17, 15) is 18.0 Å². The van der Waals surface area contributed by atoms with Gasteiger partial charge in [0.1, 0.15) is 10.7 Å². The molecule has 1 aromatic heterocycles. The summed E-state index contributed by atoms with van der Waals surface area (Å²) in [5, 5.41) is 4.41. The van der Waals surface area contributed by atoms with Crippen LogP contribution in [0.5, 0.6) is 0 Å². The van der Waals surface area contributed by atoms with Crippen LogP contribution < -0.4 is 4.31 Å². The van der Waals surface area contributed by atoms with E-state index in [0.717, 1.165) is 5.56 Å². The van der Waals surface area contributed by atoms with Gasteiger partial charge in [0, 0.05) is 12.1 Å². The fourth-order valence-electron chi connectivity index (χ4n) is 3.75. The van der Waals surface area contributed by atoms with E-state index in [4.69, 9.17) is 16.3 Å². The number of carbonyl (C=O) groups excluding carboxylic acids is 2. The van der Waals surface area contributed by atoms with E-state index in [0.29, 0.717) is 35.6 Å². The van der Waals surface area contributed by atoms with Crippen molar-refractivity contribution in [3.63, 3.8) is 0 Å². The number of carbonyl (C=O) groups is 2. The summed E-state index contributed by atoms with van der Waals surface area (Å²) in [7, 11) is -3.36. The minimum absolute atomic E-state index is 0.00586. The number of aryl methyl sites for hydroxylation is 1. The Kier molecular flexibility index (Phi) is 6.27. The van der Waals surface area contributed by atoms with Crippen LogP contribution in [0.25, 0.3) is 5.69 Å². The van der Waals surface area contributed by atoms with Gasteiger partial charge in [0.2, 0.25) is 10.0 Å². The van der Waals surface area contributed by atoms with Crippen LogP contribution in [0, 0.1) is 6.92 Å². The van der Waals surface area contributed by atoms with Gasteiger partial charge < -0.3 is 4.74 Å². The molecule has 0 aliphatic carbocycles. The minimum Gasteiger partial charge on any atom is -0.454 e. The van der Waals surface area contributed by atoms with Gasteiger partial charge in [-0.05, 0) is 56.2 Å². The molecule has 0 unspecified atom stereocenters. The number of ketones is 1. The maximum Gasteiger partial charge on any atom is 0.343 e. The monoisotopic (exact) mass is 487 g/mol.